The molecule has 0 spiro atoms. The topological polar surface area (TPSA) is 86.8 Å². The van der Waals surface area contributed by atoms with Crippen LogP contribution < -0.4 is 0 Å². The van der Waals surface area contributed by atoms with Crippen LogP contribution in [-0.4, -0.2) is 38.0 Å². The molecule has 0 aliphatic heterocycles. The van der Waals surface area contributed by atoms with Gasteiger partial charge in [0.25, 0.3) is 0 Å². The average Bonchev–Trinajstić information content (AvgIpc) is 2.46. The minimum Gasteiger partial charge on any atom is -0.454 e. The molecule has 0 amide bonds. The number of hydrogen-bond acceptors (Lipinski definition) is 6. The summed E-state index contributed by atoms with van der Waals surface area (Å²) in [4.78, 5) is 0. The molecule has 0 aliphatic rings. The monoisotopic (exact) mass is 302 g/mol. The summed E-state index contributed by atoms with van der Waals surface area (Å²) in [6.45, 7) is 13.5. The van der Waals surface area contributed by atoms with E-state index in [0.717, 1.165) is 30.0 Å². The zero-order valence-corrected chi connectivity index (χ0v) is 14.6. The predicted octanol–water partition coefficient (Wildman–Crippen LogP) is 3.61. The van der Waals surface area contributed by atoms with Crippen LogP contribution in [0.3, 0.4) is 0 Å². The average molecular weight is 302 g/mol. The first kappa shape index (κ1) is 23.7. The van der Waals surface area contributed by atoms with E-state index < -0.39 is 0 Å². The summed E-state index contributed by atoms with van der Waals surface area (Å²) in [5.74, 6) is 0.464. The van der Waals surface area contributed by atoms with Gasteiger partial charge in [-0.25, -0.2) is 0 Å². The van der Waals surface area contributed by atoms with Gasteiger partial charge in [0.15, 0.2) is 0 Å². The predicted molar refractivity (Wildman–Crippen MR) is 85.2 cm³/mol. The lowest BCUT2D eigenvalue weighted by Gasteiger charge is -2.00. The highest BCUT2D eigenvalue weighted by atomic mass is 28.2. The Morgan fingerprint density at radius 2 is 1.35 bits per heavy atom. The van der Waals surface area contributed by atoms with Gasteiger partial charge in [-0.2, -0.15) is 0 Å². The smallest absolute Gasteiger partial charge is 0.387 e. The van der Waals surface area contributed by atoms with E-state index in [4.69, 9.17) is 10.4 Å². The van der Waals surface area contributed by atoms with E-state index in [9.17, 15) is 0 Å². The third-order valence-electron chi connectivity index (χ3n) is 2.39. The molecule has 0 atom stereocenters. The molecule has 6 nitrogen and oxygen atoms in total. The molecule has 0 unspecified atom stereocenters. The molecule has 0 heterocycles. The van der Waals surface area contributed by atoms with Gasteiger partial charge < -0.3 is 14.9 Å². The largest absolute Gasteiger partial charge is 0.454 e. The van der Waals surface area contributed by atoms with Crippen molar-refractivity contribution in [2.24, 2.45) is 21.4 Å². The molecule has 0 aromatic rings. The van der Waals surface area contributed by atoms with Gasteiger partial charge in [-0.1, -0.05) is 38.0 Å². The van der Waals surface area contributed by atoms with Gasteiger partial charge in [-0.15, -0.1) is 5.16 Å². The second-order valence-corrected chi connectivity index (χ2v) is 4.54. The zero-order chi connectivity index (χ0) is 16.6. The Bertz CT molecular complexity index is 285. The third kappa shape index (κ3) is 21.9. The molecule has 20 heavy (non-hydrogen) atoms. The number of rotatable bonds is 4. The maximum Gasteiger partial charge on any atom is 0.387 e. The Kier molecular flexibility index (Phi) is 20.9. The van der Waals surface area contributed by atoms with Crippen molar-refractivity contribution >= 4 is 27.6 Å². The summed E-state index contributed by atoms with van der Waals surface area (Å²) in [7, 11) is 2.77. The van der Waals surface area contributed by atoms with E-state index in [-0.39, 0.29) is 0 Å². The van der Waals surface area contributed by atoms with Gasteiger partial charge in [0.05, 0.1) is 17.1 Å². The van der Waals surface area contributed by atoms with Crippen molar-refractivity contribution in [3.63, 3.8) is 0 Å². The molecule has 3 radical (unpaired) electrons. The highest BCUT2D eigenvalue weighted by molar-refractivity contribution is 5.98. The van der Waals surface area contributed by atoms with E-state index >= 15 is 0 Å². The van der Waals surface area contributed by atoms with Gasteiger partial charge in [0, 0.05) is 0 Å². The Labute approximate surface area is 126 Å². The SMILES string of the molecule is C/C(=N\O[Si])C(C)C.CC/C(C)=N/O.CC/C(C)=N/O. The van der Waals surface area contributed by atoms with Gasteiger partial charge in [0.1, 0.15) is 0 Å². The Morgan fingerprint density at radius 1 is 1.00 bits per heavy atom. The lowest BCUT2D eigenvalue weighted by Crippen LogP contribution is -2.01. The van der Waals surface area contributed by atoms with Gasteiger partial charge in [0.2, 0.25) is 0 Å². The molecule has 2 N–H and O–H groups in total. The third-order valence-corrected chi connectivity index (χ3v) is 2.48. The fourth-order valence-corrected chi connectivity index (χ4v) is 0.463. The molecule has 0 saturated carbocycles. The standard InChI is InChI=1S/C5H10NOSi.2C4H9NO/c1-4(2)5(3)6-7-8;2*1-3-4(2)5-6/h4H,1-3H3;2*6H,3H2,1-2H3/b6-5+;2*5-4+. The van der Waals surface area contributed by atoms with E-state index in [1.165, 1.54) is 0 Å². The lowest BCUT2D eigenvalue weighted by atomic mass is 10.1. The molecule has 0 aromatic carbocycles. The van der Waals surface area contributed by atoms with Crippen LogP contribution in [0.5, 0.6) is 0 Å². The van der Waals surface area contributed by atoms with E-state index in [2.05, 4.69) is 44.3 Å². The van der Waals surface area contributed by atoms with Crippen molar-refractivity contribution in [1.82, 2.24) is 0 Å². The first-order valence-corrected chi connectivity index (χ1v) is 6.93. The van der Waals surface area contributed by atoms with Crippen LogP contribution in [0.2, 0.25) is 0 Å². The molecule has 0 saturated heterocycles. The summed E-state index contributed by atoms with van der Waals surface area (Å²) in [6, 6.07) is 0. The molecule has 0 aliphatic carbocycles. The fourth-order valence-electron chi connectivity index (χ4n) is 0.319. The quantitative estimate of drug-likeness (QED) is 0.360. The maximum absolute atomic E-state index is 7.92. The van der Waals surface area contributed by atoms with Gasteiger partial charge in [-0.3, -0.25) is 0 Å². The fraction of sp³-hybridized carbons (Fsp3) is 0.769. The van der Waals surface area contributed by atoms with Crippen molar-refractivity contribution in [2.45, 2.75) is 61.3 Å². The normalized spacial score (nSPS) is 12.2. The summed E-state index contributed by atoms with van der Waals surface area (Å²) in [5, 5.41) is 25.3. The van der Waals surface area contributed by atoms with Crippen LogP contribution in [0.25, 0.3) is 0 Å². The lowest BCUT2D eigenvalue weighted by molar-refractivity contribution is 0.317. The van der Waals surface area contributed by atoms with Crippen LogP contribution in [0.1, 0.15) is 61.3 Å². The van der Waals surface area contributed by atoms with Crippen molar-refractivity contribution in [1.29, 1.82) is 0 Å². The molecular formula is C13H28N3O3Si. The van der Waals surface area contributed by atoms with Crippen LogP contribution in [-0.2, 0) is 4.53 Å². The molecule has 0 rings (SSSR count). The second kappa shape index (κ2) is 17.6. The van der Waals surface area contributed by atoms with Crippen molar-refractivity contribution in [3.05, 3.63) is 0 Å². The first-order chi connectivity index (χ1) is 9.30. The Morgan fingerprint density at radius 3 is 1.40 bits per heavy atom. The number of hydrogen-bond donors (Lipinski definition) is 2. The van der Waals surface area contributed by atoms with Gasteiger partial charge >= 0.3 is 10.5 Å². The van der Waals surface area contributed by atoms with E-state index in [1.54, 1.807) is 13.8 Å². The summed E-state index contributed by atoms with van der Waals surface area (Å²) in [6.07, 6.45) is 1.66. The highest BCUT2D eigenvalue weighted by Crippen LogP contribution is 1.94. The summed E-state index contributed by atoms with van der Waals surface area (Å²) >= 11 is 0. The Hall–Kier alpha value is -1.37. The van der Waals surface area contributed by atoms with E-state index in [0.29, 0.717) is 5.92 Å². The Balaban J connectivity index is -0.000000221. The molecule has 0 bridgehead atoms. The van der Waals surface area contributed by atoms with Crippen LogP contribution in [0.15, 0.2) is 15.5 Å². The van der Waals surface area contributed by atoms with Crippen LogP contribution in [0, 0.1) is 5.92 Å². The second-order valence-electron chi connectivity index (χ2n) is 4.36. The van der Waals surface area contributed by atoms with E-state index in [1.807, 2.05) is 20.8 Å². The minimum absolute atomic E-state index is 0.464. The van der Waals surface area contributed by atoms with Crippen LogP contribution >= 0.6 is 0 Å². The summed E-state index contributed by atoms with van der Waals surface area (Å²) in [5.41, 5.74) is 2.53. The molecule has 0 aromatic heterocycles. The van der Waals surface area contributed by atoms with Crippen molar-refractivity contribution in [2.75, 3.05) is 0 Å². The number of oxime groups is 3. The van der Waals surface area contributed by atoms with Crippen LogP contribution in [0.4, 0.5) is 0 Å². The minimum atomic E-state index is 0.464. The van der Waals surface area contributed by atoms with Crippen molar-refractivity contribution < 1.29 is 14.9 Å². The molecule has 0 fully saturated rings. The molecular weight excluding hydrogens is 274 g/mol. The highest BCUT2D eigenvalue weighted by Gasteiger charge is 1.95. The summed E-state index contributed by atoms with van der Waals surface area (Å²) < 4.78 is 4.36. The molecule has 117 valence electrons. The molecule has 7 heteroatoms. The zero-order valence-electron chi connectivity index (χ0n) is 13.6. The van der Waals surface area contributed by atoms with Gasteiger partial charge in [-0.05, 0) is 39.5 Å². The number of nitrogens with zero attached hydrogens (tertiary/aromatic N) is 3. The first-order valence-electron chi connectivity index (χ1n) is 6.52. The maximum atomic E-state index is 7.92. The van der Waals surface area contributed by atoms with Crippen molar-refractivity contribution in [3.8, 4) is 0 Å².